The van der Waals surface area contributed by atoms with E-state index < -0.39 is 35.0 Å². The van der Waals surface area contributed by atoms with Crippen LogP contribution in [0.4, 0.5) is 0 Å². The summed E-state index contributed by atoms with van der Waals surface area (Å²) in [5, 5.41) is 17.7. The fourth-order valence-corrected chi connectivity index (χ4v) is 7.13. The topological polar surface area (TPSA) is 127 Å². The van der Waals surface area contributed by atoms with Crippen LogP contribution in [-0.2, 0) is 30.5 Å². The molecule has 3 fully saturated rings. The second-order valence-corrected chi connectivity index (χ2v) is 11.0. The number of hydrogen-bond donors (Lipinski definition) is 1. The molecule has 11 heteroatoms. The van der Waals surface area contributed by atoms with Gasteiger partial charge in [0.05, 0.1) is 23.6 Å². The minimum atomic E-state index is -1.12. The third kappa shape index (κ3) is 4.39. The molecular weight excluding hydrogens is 514 g/mol. The zero-order chi connectivity index (χ0) is 28.5. The number of carbonyl (C=O) groups is 3. The van der Waals surface area contributed by atoms with Crippen molar-refractivity contribution in [1.29, 1.82) is 0 Å². The molecule has 216 valence electrons. The molecule has 1 aromatic carbocycles. The Morgan fingerprint density at radius 2 is 2.05 bits per heavy atom. The summed E-state index contributed by atoms with van der Waals surface area (Å²) in [6.07, 6.45) is 5.21. The summed E-state index contributed by atoms with van der Waals surface area (Å²) >= 11 is 0. The quantitative estimate of drug-likeness (QED) is 0.227. The van der Waals surface area contributed by atoms with Crippen molar-refractivity contribution >= 4 is 28.8 Å². The maximum absolute atomic E-state index is 14.5. The van der Waals surface area contributed by atoms with Gasteiger partial charge in [0.15, 0.2) is 0 Å². The van der Waals surface area contributed by atoms with Crippen molar-refractivity contribution < 1.29 is 29.0 Å². The van der Waals surface area contributed by atoms with Crippen molar-refractivity contribution in [3.63, 3.8) is 0 Å². The number of amides is 2. The number of carbonyl (C=O) groups excluding carboxylic acids is 3. The molecule has 5 rings (SSSR count). The minimum absolute atomic E-state index is 0.0644. The Morgan fingerprint density at radius 1 is 1.25 bits per heavy atom. The highest BCUT2D eigenvalue weighted by Crippen LogP contribution is 2.64. The smallest absolute Gasteiger partial charge is 0.312 e. The van der Waals surface area contributed by atoms with E-state index in [9.17, 15) is 19.5 Å². The molecule has 2 aromatic rings. The minimum Gasteiger partial charge on any atom is -0.466 e. The van der Waals surface area contributed by atoms with E-state index in [0.29, 0.717) is 50.6 Å². The van der Waals surface area contributed by atoms with Gasteiger partial charge in [-0.15, -0.1) is 11.7 Å². The lowest BCUT2D eigenvalue weighted by Gasteiger charge is -2.36. The summed E-state index contributed by atoms with van der Waals surface area (Å²) in [4.78, 5) is 45.3. The van der Waals surface area contributed by atoms with Crippen LogP contribution in [0.25, 0.3) is 11.0 Å². The van der Waals surface area contributed by atoms with Crippen LogP contribution >= 0.6 is 0 Å². The average molecular weight is 554 g/mol. The van der Waals surface area contributed by atoms with Crippen LogP contribution in [0.5, 0.6) is 0 Å². The molecule has 2 bridgehead atoms. The fourth-order valence-electron chi connectivity index (χ4n) is 7.13. The van der Waals surface area contributed by atoms with E-state index in [1.165, 1.54) is 0 Å². The SMILES string of the molecule is C=CCN(Cn1nnc2ccccc21)C(=O)C1N(CCCCCO)C(=O)[C@@H]2[C@H](C(=O)OCC)[C@]3(CC)CCC12O3. The van der Waals surface area contributed by atoms with E-state index in [1.54, 1.807) is 27.5 Å². The van der Waals surface area contributed by atoms with Crippen LogP contribution < -0.4 is 0 Å². The first kappa shape index (κ1) is 28.2. The molecule has 11 nitrogen and oxygen atoms in total. The summed E-state index contributed by atoms with van der Waals surface area (Å²) < 4.78 is 13.9. The molecule has 4 heterocycles. The van der Waals surface area contributed by atoms with Crippen LogP contribution in [0.15, 0.2) is 36.9 Å². The number of rotatable bonds is 13. The van der Waals surface area contributed by atoms with Crippen molar-refractivity contribution in [3.05, 3.63) is 36.9 Å². The van der Waals surface area contributed by atoms with Gasteiger partial charge in [-0.1, -0.05) is 30.3 Å². The van der Waals surface area contributed by atoms with Crippen molar-refractivity contribution in [2.75, 3.05) is 26.3 Å². The molecule has 1 N–H and O–H groups in total. The zero-order valence-corrected chi connectivity index (χ0v) is 23.3. The number of likely N-dealkylation sites (tertiary alicyclic amines) is 1. The Kier molecular flexibility index (Phi) is 7.96. The van der Waals surface area contributed by atoms with E-state index >= 15 is 0 Å². The second-order valence-electron chi connectivity index (χ2n) is 11.0. The maximum atomic E-state index is 14.5. The van der Waals surface area contributed by atoms with E-state index in [4.69, 9.17) is 9.47 Å². The lowest BCUT2D eigenvalue weighted by Crippen LogP contribution is -2.56. The zero-order valence-electron chi connectivity index (χ0n) is 23.3. The summed E-state index contributed by atoms with van der Waals surface area (Å²) in [5.74, 6) is -2.49. The summed E-state index contributed by atoms with van der Waals surface area (Å²) in [6, 6.07) is 6.62. The molecule has 0 saturated carbocycles. The molecule has 3 saturated heterocycles. The van der Waals surface area contributed by atoms with Crippen molar-refractivity contribution in [1.82, 2.24) is 24.8 Å². The number of unbranched alkanes of at least 4 members (excludes halogenated alkanes) is 2. The number of esters is 1. The first-order valence-electron chi connectivity index (χ1n) is 14.3. The Balaban J connectivity index is 1.53. The highest BCUT2D eigenvalue weighted by molar-refractivity contribution is 5.98. The maximum Gasteiger partial charge on any atom is 0.312 e. The average Bonchev–Trinajstić information content (AvgIpc) is 3.68. The number of nitrogens with zero attached hydrogens (tertiary/aromatic N) is 5. The van der Waals surface area contributed by atoms with Crippen LogP contribution in [-0.4, -0.2) is 91.2 Å². The number of aromatic nitrogens is 3. The summed E-state index contributed by atoms with van der Waals surface area (Å²) in [5.41, 5.74) is -0.454. The molecule has 0 aliphatic carbocycles. The number of aliphatic hydroxyl groups excluding tert-OH is 1. The molecule has 2 unspecified atom stereocenters. The molecule has 3 aliphatic heterocycles. The number of hydrogen-bond acceptors (Lipinski definition) is 8. The largest absolute Gasteiger partial charge is 0.466 e. The lowest BCUT2D eigenvalue weighted by atomic mass is 9.65. The van der Waals surface area contributed by atoms with Gasteiger partial charge < -0.3 is 24.4 Å². The standard InChI is InChI=1S/C29H39N5O6/c1-4-16-32(19-34-21-13-9-8-12-20(21)30-31-34)26(37)24-29-15-14-28(5-2,40-29)23(27(38)39-6-3)22(29)25(36)33(24)17-10-7-11-18-35/h4,8-9,12-13,22-24,35H,1,5-7,10-11,14-19H2,2-3H3/t22-,23+,24?,28-,29?/m0/s1. The molecule has 1 aromatic heterocycles. The molecule has 0 radical (unpaired) electrons. The predicted octanol–water partition coefficient (Wildman–Crippen LogP) is 2.28. The number of para-hydroxylation sites is 1. The van der Waals surface area contributed by atoms with Crippen molar-refractivity contribution in [2.24, 2.45) is 11.8 Å². The molecule has 40 heavy (non-hydrogen) atoms. The molecule has 2 amide bonds. The molecular formula is C29H39N5O6. The normalized spacial score (nSPS) is 28.7. The van der Waals surface area contributed by atoms with Gasteiger partial charge in [-0.2, -0.15) is 0 Å². The third-order valence-corrected chi connectivity index (χ3v) is 8.90. The fraction of sp³-hybridized carbons (Fsp3) is 0.621. The van der Waals surface area contributed by atoms with Gasteiger partial charge >= 0.3 is 5.97 Å². The Morgan fingerprint density at radius 3 is 2.77 bits per heavy atom. The molecule has 1 spiro atoms. The van der Waals surface area contributed by atoms with E-state index in [1.807, 2.05) is 31.2 Å². The second kappa shape index (κ2) is 11.3. The summed E-state index contributed by atoms with van der Waals surface area (Å²) in [6.45, 7) is 8.52. The number of aliphatic hydroxyl groups is 1. The number of ether oxygens (including phenoxy) is 2. The number of fused-ring (bicyclic) bond motifs is 2. The van der Waals surface area contributed by atoms with Crippen molar-refractivity contribution in [3.8, 4) is 0 Å². The van der Waals surface area contributed by atoms with Gasteiger partial charge in [0.25, 0.3) is 0 Å². The third-order valence-electron chi connectivity index (χ3n) is 8.90. The monoisotopic (exact) mass is 553 g/mol. The number of benzene rings is 1. The van der Waals surface area contributed by atoms with Crippen LogP contribution in [0, 0.1) is 11.8 Å². The predicted molar refractivity (Wildman–Crippen MR) is 146 cm³/mol. The van der Waals surface area contributed by atoms with Crippen LogP contribution in [0.2, 0.25) is 0 Å². The van der Waals surface area contributed by atoms with E-state index in [2.05, 4.69) is 16.9 Å². The van der Waals surface area contributed by atoms with E-state index in [0.717, 1.165) is 5.52 Å². The highest BCUT2D eigenvalue weighted by atomic mass is 16.6. The van der Waals surface area contributed by atoms with Gasteiger partial charge in [0, 0.05) is 19.7 Å². The van der Waals surface area contributed by atoms with E-state index in [-0.39, 0.29) is 38.2 Å². The van der Waals surface area contributed by atoms with Crippen molar-refractivity contribution in [2.45, 2.75) is 76.3 Å². The first-order chi connectivity index (χ1) is 19.4. The van der Waals surface area contributed by atoms with Gasteiger partial charge in [0.1, 0.15) is 29.7 Å². The van der Waals surface area contributed by atoms with Gasteiger partial charge in [-0.05, 0) is 57.6 Å². The van der Waals surface area contributed by atoms with Gasteiger partial charge in [-0.25, -0.2) is 4.68 Å². The molecule has 3 aliphatic rings. The van der Waals surface area contributed by atoms with Gasteiger partial charge in [-0.3, -0.25) is 14.4 Å². The van der Waals surface area contributed by atoms with Crippen LogP contribution in [0.3, 0.4) is 0 Å². The van der Waals surface area contributed by atoms with Crippen LogP contribution in [0.1, 0.15) is 52.4 Å². The van der Waals surface area contributed by atoms with Gasteiger partial charge in [0.2, 0.25) is 11.8 Å². The summed E-state index contributed by atoms with van der Waals surface area (Å²) in [7, 11) is 0. The Bertz CT molecular complexity index is 1280. The lowest BCUT2D eigenvalue weighted by molar-refractivity contribution is -0.162. The first-order valence-corrected chi connectivity index (χ1v) is 14.3. The molecule has 5 atom stereocenters. The Hall–Kier alpha value is -3.31. The Labute approximate surface area is 234 Å². The highest BCUT2D eigenvalue weighted by Gasteiger charge is 2.79.